The van der Waals surface area contributed by atoms with E-state index >= 15 is 0 Å². The Labute approximate surface area is 411 Å². The lowest BCUT2D eigenvalue weighted by Gasteiger charge is -2.20. The number of imide groups is 1. The van der Waals surface area contributed by atoms with Gasteiger partial charge in [0.1, 0.15) is 28.0 Å². The summed E-state index contributed by atoms with van der Waals surface area (Å²) in [5.41, 5.74) is 3.59. The Kier molecular flexibility index (Phi) is 17.4. The Hall–Kier alpha value is -8.01. The van der Waals surface area contributed by atoms with E-state index in [4.69, 9.17) is 50.5 Å². The van der Waals surface area contributed by atoms with Crippen molar-refractivity contribution in [2.45, 2.75) is 24.6 Å². The van der Waals surface area contributed by atoms with Gasteiger partial charge >= 0.3 is 30.8 Å². The topological polar surface area (TPSA) is 198 Å². The van der Waals surface area contributed by atoms with Gasteiger partial charge < -0.3 is 20.5 Å². The van der Waals surface area contributed by atoms with E-state index < -0.39 is 93.4 Å². The summed E-state index contributed by atoms with van der Waals surface area (Å²) in [5, 5.41) is 16.0. The lowest BCUT2D eigenvalue weighted by atomic mass is 9.83. The van der Waals surface area contributed by atoms with Gasteiger partial charge in [0.15, 0.2) is 11.5 Å². The summed E-state index contributed by atoms with van der Waals surface area (Å²) in [6.45, 7) is 0. The van der Waals surface area contributed by atoms with Gasteiger partial charge in [-0.1, -0.05) is 65.1 Å². The maximum Gasteiger partial charge on any atom is 0.573 e. The van der Waals surface area contributed by atoms with Gasteiger partial charge in [0.25, 0.3) is 5.91 Å². The number of benzene rings is 5. The van der Waals surface area contributed by atoms with Crippen molar-refractivity contribution in [2.75, 3.05) is 5.32 Å². The summed E-state index contributed by atoms with van der Waals surface area (Å²) in [6, 6.07) is 18.2. The minimum absolute atomic E-state index is 0.0166. The quantitative estimate of drug-likeness (QED) is 0.0425. The highest BCUT2D eigenvalue weighted by atomic mass is 35.5. The molecule has 0 aliphatic heterocycles. The van der Waals surface area contributed by atoms with Gasteiger partial charge in [0, 0.05) is 17.4 Å². The number of primary amides is 1. The molecule has 0 fully saturated rings. The van der Waals surface area contributed by atoms with Crippen LogP contribution in [0.5, 0.6) is 17.4 Å². The largest absolute Gasteiger partial charge is 0.573 e. The molecular formula is C45H25Cl3F11N7O6. The molecule has 0 saturated heterocycles. The average Bonchev–Trinajstić information content (AvgIpc) is 3.28. The van der Waals surface area contributed by atoms with Crippen molar-refractivity contribution >= 4 is 70.0 Å². The molecule has 0 bridgehead atoms. The van der Waals surface area contributed by atoms with Crippen molar-refractivity contribution < 1.29 is 76.9 Å². The zero-order valence-electron chi connectivity index (χ0n) is 35.2. The van der Waals surface area contributed by atoms with Crippen LogP contribution in [0.2, 0.25) is 15.1 Å². The number of nitrogens with one attached hydrogen (secondary N) is 3. The summed E-state index contributed by atoms with van der Waals surface area (Å²) in [4.78, 5) is 52.6. The van der Waals surface area contributed by atoms with E-state index in [0.29, 0.717) is 18.3 Å². The summed E-state index contributed by atoms with van der Waals surface area (Å²) < 4.78 is 152. The number of nitriles is 1. The van der Waals surface area contributed by atoms with Crippen LogP contribution < -0.4 is 31.3 Å². The van der Waals surface area contributed by atoms with Crippen LogP contribution in [0.1, 0.15) is 54.5 Å². The monoisotopic (exact) mass is 1070 g/mol. The van der Waals surface area contributed by atoms with Crippen LogP contribution in [0.3, 0.4) is 0 Å². The molecule has 27 heteroatoms. The molecule has 0 aliphatic rings. The number of nitrogens with two attached hydrogens (primary N) is 1. The first kappa shape index (κ1) is 54.9. The number of Topliss-reactive ketones (excluding diaryl/α,β-unsaturated/α-hetero) is 1. The molecule has 1 aromatic heterocycles. The van der Waals surface area contributed by atoms with Gasteiger partial charge in [-0.2, -0.15) is 36.7 Å². The molecule has 0 spiro atoms. The fourth-order valence-electron chi connectivity index (χ4n) is 5.96. The zero-order chi connectivity index (χ0) is 53.3. The smallest absolute Gasteiger partial charge is 0.434 e. The number of carbonyl (C=O) groups is 4. The highest BCUT2D eigenvalue weighted by molar-refractivity contribution is 6.38. The number of hydrogen-bond acceptors (Lipinski definition) is 9. The number of alkyl halides is 9. The van der Waals surface area contributed by atoms with Crippen LogP contribution in [-0.4, -0.2) is 40.8 Å². The first-order valence-electron chi connectivity index (χ1n) is 19.3. The molecule has 5 amide bonds. The highest BCUT2D eigenvalue weighted by Crippen LogP contribution is 2.41. The van der Waals surface area contributed by atoms with Crippen molar-refractivity contribution in [1.29, 1.82) is 5.26 Å². The Morgan fingerprint density at radius 3 is 1.83 bits per heavy atom. The number of hydrogen-bond donors (Lipinski definition) is 4. The van der Waals surface area contributed by atoms with Crippen LogP contribution >= 0.6 is 34.8 Å². The predicted octanol–water partition coefficient (Wildman–Crippen LogP) is 12.6. The fraction of sp³-hybridized carbons (Fsp3) is 0.0889. The second-order valence-corrected chi connectivity index (χ2v) is 15.3. The number of ether oxygens (including phenoxy) is 2. The average molecular weight is 1080 g/mol. The van der Waals surface area contributed by atoms with Gasteiger partial charge in [0.05, 0.1) is 44.4 Å². The Morgan fingerprint density at radius 2 is 1.31 bits per heavy atom. The number of pyridine rings is 1. The molecule has 72 heavy (non-hydrogen) atoms. The lowest BCUT2D eigenvalue weighted by Crippen LogP contribution is -2.35. The number of aromatic nitrogens is 1. The lowest BCUT2D eigenvalue weighted by molar-refractivity contribution is -0.274. The number of nitrogens with zero attached hydrogens (tertiary/aromatic N) is 3. The van der Waals surface area contributed by atoms with E-state index in [9.17, 15) is 67.5 Å². The molecule has 1 atom stereocenters. The molecule has 5 N–H and O–H groups in total. The Balaban J connectivity index is 0.000000269. The molecule has 0 saturated carbocycles. The molecule has 374 valence electrons. The second-order valence-electron chi connectivity index (χ2n) is 14.0. The van der Waals surface area contributed by atoms with Gasteiger partial charge in [0.2, 0.25) is 5.88 Å². The summed E-state index contributed by atoms with van der Waals surface area (Å²) in [6.07, 6.45) is -13.9. The highest BCUT2D eigenvalue weighted by Gasteiger charge is 2.35. The number of anilines is 1. The van der Waals surface area contributed by atoms with Crippen molar-refractivity contribution in [3.63, 3.8) is 0 Å². The van der Waals surface area contributed by atoms with E-state index in [2.05, 4.69) is 20.1 Å². The van der Waals surface area contributed by atoms with E-state index in [1.54, 1.807) is 5.32 Å². The number of urea groups is 2. The first-order chi connectivity index (χ1) is 33.6. The molecule has 5 aromatic carbocycles. The van der Waals surface area contributed by atoms with E-state index in [1.165, 1.54) is 24.3 Å². The minimum atomic E-state index is -4.98. The van der Waals surface area contributed by atoms with Gasteiger partial charge in [-0.15, -0.1) is 13.2 Å². The van der Waals surface area contributed by atoms with Crippen LogP contribution in [0.4, 0.5) is 63.6 Å². The molecule has 1 unspecified atom stereocenters. The third kappa shape index (κ3) is 14.8. The molecule has 13 nitrogen and oxygen atoms in total. The standard InChI is InChI=1S/C25H16F6N4O3.C20H9Cl3F5N3O3/c26-24(27,28)18-3-1-2-17(12-18)22(36)20(15-6-4-14(13-32)5-7-15)21(34-35-23(33)37)16-8-10-19(11-9-16)38-25(29,30)31;21-10-5-9(30-19(33)31-17(32)15-13(24)2-1-3-14(15)25)6-11(22)16(10)34-18-12(23)4-8(7-29-18)20(26,27)28/h1-12,20H,(H3,33,35,37);1-7H,(H2,30,31,32,33)/b34-21+;. The van der Waals surface area contributed by atoms with E-state index in [0.717, 1.165) is 72.8 Å². The summed E-state index contributed by atoms with van der Waals surface area (Å²) in [5.74, 6) is -7.31. The Bertz CT molecular complexity index is 3050. The maximum atomic E-state index is 13.7. The summed E-state index contributed by atoms with van der Waals surface area (Å²) in [7, 11) is 0. The minimum Gasteiger partial charge on any atom is -0.434 e. The number of halogens is 14. The van der Waals surface area contributed by atoms with Gasteiger partial charge in [-0.25, -0.2) is 28.8 Å². The van der Waals surface area contributed by atoms with Gasteiger partial charge in [-0.05, 0) is 90.0 Å². The van der Waals surface area contributed by atoms with Crippen molar-refractivity contribution in [3.05, 3.63) is 181 Å². The number of ketones is 1. The molecule has 0 radical (unpaired) electrons. The van der Waals surface area contributed by atoms with Crippen molar-refractivity contribution in [3.8, 4) is 23.4 Å². The van der Waals surface area contributed by atoms with Crippen LogP contribution in [0.25, 0.3) is 0 Å². The molecule has 0 aliphatic carbocycles. The van der Waals surface area contributed by atoms with Crippen molar-refractivity contribution in [1.82, 2.24) is 15.7 Å². The number of carbonyl (C=O) groups excluding carboxylic acids is 4. The first-order valence-corrected chi connectivity index (χ1v) is 20.4. The molecule has 6 rings (SSSR count). The maximum absolute atomic E-state index is 13.7. The fourth-order valence-corrected chi connectivity index (χ4v) is 6.73. The summed E-state index contributed by atoms with van der Waals surface area (Å²) >= 11 is 17.9. The van der Waals surface area contributed by atoms with E-state index in [1.807, 2.05) is 11.5 Å². The van der Waals surface area contributed by atoms with Crippen LogP contribution in [-0.2, 0) is 12.4 Å². The van der Waals surface area contributed by atoms with Crippen LogP contribution in [0.15, 0.2) is 120 Å². The predicted molar refractivity (Wildman–Crippen MR) is 236 cm³/mol. The van der Waals surface area contributed by atoms with E-state index in [-0.39, 0.29) is 49.4 Å². The molecule has 1 heterocycles. The third-order valence-corrected chi connectivity index (χ3v) is 9.89. The third-order valence-electron chi connectivity index (χ3n) is 9.06. The normalized spacial score (nSPS) is 12.0. The second kappa shape index (κ2) is 22.8. The number of amides is 5. The SMILES string of the molecule is N#Cc1ccc(C(C(=O)c2cccc(C(F)(F)F)c2)/C(=N/NC(N)=O)c2ccc(OC(F)(F)F)cc2)cc1.O=C(NC(=O)c1c(F)cccc1F)Nc1cc(Cl)c(Oc2ncc(C(F)(F)F)cc2Cl)c(Cl)c1. The van der Waals surface area contributed by atoms with Crippen molar-refractivity contribution in [2.24, 2.45) is 10.8 Å². The number of hydrazone groups is 1. The Morgan fingerprint density at radius 1 is 0.722 bits per heavy atom. The zero-order valence-corrected chi connectivity index (χ0v) is 37.5. The molecular weight excluding hydrogens is 1050 g/mol. The van der Waals surface area contributed by atoms with Crippen LogP contribution in [0, 0.1) is 23.0 Å². The number of rotatable bonds is 11. The van der Waals surface area contributed by atoms with Gasteiger partial charge in [-0.3, -0.25) is 14.9 Å². The molecule has 6 aromatic rings.